The van der Waals surface area contributed by atoms with Crippen LogP contribution < -0.4 is 10.9 Å². The fourth-order valence-electron chi connectivity index (χ4n) is 2.72. The van der Waals surface area contributed by atoms with Crippen LogP contribution >= 0.6 is 11.3 Å². The van der Waals surface area contributed by atoms with Gasteiger partial charge in [0.15, 0.2) is 0 Å². The number of hydrogen-bond donors (Lipinski definition) is 1. The minimum absolute atomic E-state index is 0.0436. The molecule has 0 saturated heterocycles. The number of hydrogen-bond acceptors (Lipinski definition) is 4. The van der Waals surface area contributed by atoms with Gasteiger partial charge in [-0.25, -0.2) is 4.98 Å². The molecule has 0 radical (unpaired) electrons. The quantitative estimate of drug-likeness (QED) is 0.709. The van der Waals surface area contributed by atoms with Crippen LogP contribution in [0.3, 0.4) is 0 Å². The van der Waals surface area contributed by atoms with Gasteiger partial charge in [-0.05, 0) is 36.8 Å². The van der Waals surface area contributed by atoms with E-state index in [4.69, 9.17) is 0 Å². The molecule has 0 saturated carbocycles. The van der Waals surface area contributed by atoms with E-state index in [1.807, 2.05) is 30.5 Å². The zero-order valence-electron chi connectivity index (χ0n) is 14.1. The number of rotatable bonds is 7. The molecule has 1 amide bonds. The number of thiophene rings is 1. The molecule has 130 valence electrons. The van der Waals surface area contributed by atoms with Gasteiger partial charge in [-0.2, -0.15) is 0 Å². The molecule has 1 aromatic carbocycles. The molecule has 3 rings (SSSR count). The van der Waals surface area contributed by atoms with Gasteiger partial charge in [-0.15, -0.1) is 11.3 Å². The lowest BCUT2D eigenvalue weighted by atomic mass is 10.1. The van der Waals surface area contributed by atoms with E-state index < -0.39 is 0 Å². The van der Waals surface area contributed by atoms with Crippen LogP contribution in [-0.2, 0) is 17.8 Å². The number of carbonyl (C=O) groups excluding carboxylic acids is 1. The number of carbonyl (C=O) groups is 1. The molecule has 5 nitrogen and oxygen atoms in total. The van der Waals surface area contributed by atoms with Crippen LogP contribution in [0.25, 0.3) is 10.2 Å². The Morgan fingerprint density at radius 3 is 2.88 bits per heavy atom. The van der Waals surface area contributed by atoms with Crippen LogP contribution in [0.1, 0.15) is 25.3 Å². The number of fused-ring (bicyclic) bond motifs is 1. The topological polar surface area (TPSA) is 64.0 Å². The van der Waals surface area contributed by atoms with Crippen molar-refractivity contribution in [2.24, 2.45) is 0 Å². The summed E-state index contributed by atoms with van der Waals surface area (Å²) in [6.45, 7) is 2.35. The first kappa shape index (κ1) is 17.4. The minimum atomic E-state index is -0.0869. The summed E-state index contributed by atoms with van der Waals surface area (Å²) < 4.78 is 1.50. The van der Waals surface area contributed by atoms with E-state index in [2.05, 4.69) is 22.4 Å². The molecule has 2 heterocycles. The van der Waals surface area contributed by atoms with Gasteiger partial charge in [0, 0.05) is 19.0 Å². The third kappa shape index (κ3) is 4.54. The molecule has 0 aliphatic rings. The Hall–Kier alpha value is -2.47. The van der Waals surface area contributed by atoms with Crippen LogP contribution in [0, 0.1) is 0 Å². The molecule has 6 heteroatoms. The number of aryl methyl sites for hydroxylation is 2. The van der Waals surface area contributed by atoms with Crippen molar-refractivity contribution in [1.82, 2.24) is 14.9 Å². The molecule has 1 unspecified atom stereocenters. The maximum absolute atomic E-state index is 12.3. The molecule has 25 heavy (non-hydrogen) atoms. The highest BCUT2D eigenvalue weighted by atomic mass is 32.1. The summed E-state index contributed by atoms with van der Waals surface area (Å²) in [5, 5.41) is 5.47. The highest BCUT2D eigenvalue weighted by molar-refractivity contribution is 7.16. The maximum atomic E-state index is 12.3. The van der Waals surface area contributed by atoms with Gasteiger partial charge in [-0.3, -0.25) is 14.2 Å². The fourth-order valence-corrected chi connectivity index (χ4v) is 3.44. The van der Waals surface area contributed by atoms with Crippen molar-refractivity contribution in [2.45, 2.75) is 38.8 Å². The Morgan fingerprint density at radius 1 is 1.28 bits per heavy atom. The Morgan fingerprint density at radius 2 is 2.08 bits per heavy atom. The lowest BCUT2D eigenvalue weighted by molar-refractivity contribution is -0.121. The summed E-state index contributed by atoms with van der Waals surface area (Å²) in [7, 11) is 0. The molecule has 1 atom stereocenters. The third-order valence-electron chi connectivity index (χ3n) is 4.15. The van der Waals surface area contributed by atoms with E-state index in [1.54, 1.807) is 6.07 Å². The Balaban J connectivity index is 1.48. The van der Waals surface area contributed by atoms with E-state index in [-0.39, 0.29) is 23.9 Å². The molecule has 1 N–H and O–H groups in total. The lowest BCUT2D eigenvalue weighted by Crippen LogP contribution is -2.34. The smallest absolute Gasteiger partial charge is 0.262 e. The first-order valence-electron chi connectivity index (χ1n) is 8.39. The largest absolute Gasteiger partial charge is 0.354 e. The van der Waals surface area contributed by atoms with Crippen LogP contribution in [0.4, 0.5) is 0 Å². The summed E-state index contributed by atoms with van der Waals surface area (Å²) >= 11 is 1.44. The fraction of sp³-hybridized carbons (Fsp3) is 0.316. The summed E-state index contributed by atoms with van der Waals surface area (Å²) in [5.41, 5.74) is 1.18. The highest BCUT2D eigenvalue weighted by Gasteiger charge is 2.10. The Kier molecular flexibility index (Phi) is 5.60. The van der Waals surface area contributed by atoms with Gasteiger partial charge in [0.05, 0.1) is 11.7 Å². The van der Waals surface area contributed by atoms with E-state index in [9.17, 15) is 9.59 Å². The summed E-state index contributed by atoms with van der Waals surface area (Å²) in [4.78, 5) is 29.4. The first-order chi connectivity index (χ1) is 12.1. The summed E-state index contributed by atoms with van der Waals surface area (Å²) in [6, 6.07) is 12.1. The normalized spacial score (nSPS) is 12.2. The van der Waals surface area contributed by atoms with E-state index in [0.717, 1.165) is 17.7 Å². The average molecular weight is 355 g/mol. The second kappa shape index (κ2) is 8.07. The Labute approximate surface area is 150 Å². The summed E-state index contributed by atoms with van der Waals surface area (Å²) in [5.74, 6) is -0.0436. The third-order valence-corrected chi connectivity index (χ3v) is 4.97. The predicted molar refractivity (Wildman–Crippen MR) is 101 cm³/mol. The monoisotopic (exact) mass is 355 g/mol. The van der Waals surface area contributed by atoms with Gasteiger partial charge >= 0.3 is 0 Å². The number of nitrogens with one attached hydrogen (secondary N) is 1. The number of aromatic nitrogens is 2. The molecule has 0 bridgehead atoms. The van der Waals surface area contributed by atoms with Crippen molar-refractivity contribution in [3.05, 3.63) is 64.0 Å². The molecule has 0 spiro atoms. The predicted octanol–water partition coefficient (Wildman–Crippen LogP) is 2.99. The van der Waals surface area contributed by atoms with Crippen molar-refractivity contribution in [2.75, 3.05) is 0 Å². The van der Waals surface area contributed by atoms with Crippen molar-refractivity contribution in [3.8, 4) is 0 Å². The summed E-state index contributed by atoms with van der Waals surface area (Å²) in [6.07, 6.45) is 3.61. The Bertz CT molecular complexity index is 902. The van der Waals surface area contributed by atoms with Crippen molar-refractivity contribution in [1.29, 1.82) is 0 Å². The molecular weight excluding hydrogens is 334 g/mol. The van der Waals surface area contributed by atoms with Crippen molar-refractivity contribution >= 4 is 27.5 Å². The van der Waals surface area contributed by atoms with Crippen molar-refractivity contribution < 1.29 is 4.79 Å². The van der Waals surface area contributed by atoms with Gasteiger partial charge in [0.25, 0.3) is 5.56 Å². The zero-order valence-corrected chi connectivity index (χ0v) is 15.0. The van der Waals surface area contributed by atoms with Crippen molar-refractivity contribution in [3.63, 3.8) is 0 Å². The van der Waals surface area contributed by atoms with Gasteiger partial charge in [-0.1, -0.05) is 30.3 Å². The number of nitrogens with zero attached hydrogens (tertiary/aromatic N) is 2. The lowest BCUT2D eigenvalue weighted by Gasteiger charge is -2.14. The van der Waals surface area contributed by atoms with Gasteiger partial charge in [0.2, 0.25) is 5.91 Å². The average Bonchev–Trinajstić information content (AvgIpc) is 3.10. The highest BCUT2D eigenvalue weighted by Crippen LogP contribution is 2.13. The second-order valence-electron chi connectivity index (χ2n) is 6.13. The first-order valence-corrected chi connectivity index (χ1v) is 9.27. The van der Waals surface area contributed by atoms with Gasteiger partial charge < -0.3 is 5.32 Å². The van der Waals surface area contributed by atoms with E-state index in [1.165, 1.54) is 27.8 Å². The van der Waals surface area contributed by atoms with E-state index >= 15 is 0 Å². The standard InChI is InChI=1S/C19H21N3O2S/c1-14(7-8-15-5-3-2-4-6-15)21-17(23)9-11-22-13-20-18-16(19(22)24)10-12-25-18/h2-6,10,12-14H,7-9,11H2,1H3,(H,21,23). The molecule has 0 aliphatic heterocycles. The SMILES string of the molecule is CC(CCc1ccccc1)NC(=O)CCn1cnc2sccc2c1=O. The molecule has 2 aromatic heterocycles. The molecule has 0 fully saturated rings. The van der Waals surface area contributed by atoms with E-state index in [0.29, 0.717) is 11.9 Å². The minimum Gasteiger partial charge on any atom is -0.354 e. The molecule has 0 aliphatic carbocycles. The van der Waals surface area contributed by atoms with Crippen LogP contribution in [-0.4, -0.2) is 21.5 Å². The maximum Gasteiger partial charge on any atom is 0.262 e. The van der Waals surface area contributed by atoms with Crippen LogP contribution in [0.5, 0.6) is 0 Å². The number of benzene rings is 1. The van der Waals surface area contributed by atoms with Crippen LogP contribution in [0.2, 0.25) is 0 Å². The van der Waals surface area contributed by atoms with Gasteiger partial charge in [0.1, 0.15) is 4.83 Å². The second-order valence-corrected chi connectivity index (χ2v) is 7.02. The zero-order chi connectivity index (χ0) is 17.6. The molecule has 3 aromatic rings. The number of amides is 1. The molecular formula is C19H21N3O2S. The van der Waals surface area contributed by atoms with Crippen LogP contribution in [0.15, 0.2) is 52.9 Å².